The van der Waals surface area contributed by atoms with Crippen LogP contribution in [-0.2, 0) is 21.2 Å². The molecule has 0 unspecified atom stereocenters. The van der Waals surface area contributed by atoms with E-state index in [1.807, 2.05) is 25.1 Å². The fourth-order valence-electron chi connectivity index (χ4n) is 4.22. The second-order valence-corrected chi connectivity index (χ2v) is 10.2. The summed E-state index contributed by atoms with van der Waals surface area (Å²) < 4.78 is 41.5. The highest BCUT2D eigenvalue weighted by Gasteiger charge is 2.24. The normalized spacial score (nSPS) is 11.5. The third kappa shape index (κ3) is 4.93. The van der Waals surface area contributed by atoms with Crippen LogP contribution in [0.4, 0.5) is 15.8 Å². The highest BCUT2D eigenvalue weighted by molar-refractivity contribution is 7.91. The molecule has 0 saturated heterocycles. The predicted octanol–water partition coefficient (Wildman–Crippen LogP) is 5.41. The highest BCUT2D eigenvalue weighted by Crippen LogP contribution is 2.30. The number of para-hydroxylation sites is 1. The Morgan fingerprint density at radius 1 is 1.00 bits per heavy atom. The molecule has 35 heavy (non-hydrogen) atoms. The van der Waals surface area contributed by atoms with Crippen molar-refractivity contribution in [3.8, 4) is 0 Å². The molecule has 0 saturated carbocycles. The van der Waals surface area contributed by atoms with Gasteiger partial charge in [-0.3, -0.25) is 4.79 Å². The summed E-state index contributed by atoms with van der Waals surface area (Å²) in [6.07, 6.45) is 1.47. The first-order chi connectivity index (χ1) is 16.7. The first-order valence-corrected chi connectivity index (χ1v) is 13.0. The molecule has 1 aromatic heterocycles. The molecule has 0 aliphatic rings. The highest BCUT2D eigenvalue weighted by atomic mass is 32.2. The van der Waals surface area contributed by atoms with Gasteiger partial charge in [0.15, 0.2) is 0 Å². The molecule has 0 fully saturated rings. The zero-order valence-electron chi connectivity index (χ0n) is 20.0. The van der Waals surface area contributed by atoms with Crippen molar-refractivity contribution in [1.29, 1.82) is 0 Å². The number of rotatable bonds is 8. The van der Waals surface area contributed by atoms with Crippen molar-refractivity contribution >= 4 is 38.0 Å². The number of aryl methyl sites for hydroxylation is 1. The summed E-state index contributed by atoms with van der Waals surface area (Å²) >= 11 is 0. The van der Waals surface area contributed by atoms with Gasteiger partial charge in [0.05, 0.1) is 9.79 Å². The lowest BCUT2D eigenvalue weighted by Gasteiger charge is -2.22. The van der Waals surface area contributed by atoms with Crippen molar-refractivity contribution < 1.29 is 17.6 Å². The maximum Gasteiger partial charge on any atom is 0.244 e. The lowest BCUT2D eigenvalue weighted by Crippen LogP contribution is -2.22. The number of nitrogens with one attached hydrogen (secondary N) is 1. The van der Waals surface area contributed by atoms with Crippen LogP contribution in [-0.4, -0.2) is 32.0 Å². The van der Waals surface area contributed by atoms with Gasteiger partial charge in [0, 0.05) is 41.6 Å². The number of halogens is 1. The molecular formula is C27H28FN3O3S. The number of amides is 1. The molecule has 4 aromatic rings. The van der Waals surface area contributed by atoms with E-state index in [0.29, 0.717) is 16.6 Å². The molecule has 4 rings (SSSR count). The maximum atomic E-state index is 13.3. The number of hydrogen-bond donors (Lipinski definition) is 1. The van der Waals surface area contributed by atoms with E-state index in [4.69, 9.17) is 0 Å². The number of anilines is 2. The van der Waals surface area contributed by atoms with Gasteiger partial charge in [0.2, 0.25) is 15.7 Å². The van der Waals surface area contributed by atoms with Crippen molar-refractivity contribution in [1.82, 2.24) is 4.57 Å². The Kier molecular flexibility index (Phi) is 6.93. The number of carbonyl (C=O) groups is 1. The first-order valence-electron chi connectivity index (χ1n) is 11.5. The lowest BCUT2D eigenvalue weighted by atomic mass is 10.1. The van der Waals surface area contributed by atoms with Crippen LogP contribution in [0.25, 0.3) is 10.9 Å². The molecule has 3 aromatic carbocycles. The third-order valence-corrected chi connectivity index (χ3v) is 7.89. The fraction of sp³-hybridized carbons (Fsp3) is 0.222. The second-order valence-electron chi connectivity index (χ2n) is 8.32. The number of aromatic nitrogens is 1. The molecule has 0 atom stereocenters. The lowest BCUT2D eigenvalue weighted by molar-refractivity contribution is -0.116. The number of hydrogen-bond acceptors (Lipinski definition) is 4. The Labute approximate surface area is 204 Å². The van der Waals surface area contributed by atoms with Crippen LogP contribution in [0.1, 0.15) is 19.4 Å². The van der Waals surface area contributed by atoms with Crippen LogP contribution in [0.2, 0.25) is 0 Å². The number of carbonyl (C=O) groups excluding carboxylic acids is 1. The van der Waals surface area contributed by atoms with Gasteiger partial charge in [-0.05, 0) is 74.9 Å². The van der Waals surface area contributed by atoms with E-state index < -0.39 is 15.7 Å². The fourth-order valence-corrected chi connectivity index (χ4v) is 5.69. The first kappa shape index (κ1) is 24.5. The van der Waals surface area contributed by atoms with E-state index in [2.05, 4.69) is 24.1 Å². The van der Waals surface area contributed by atoms with E-state index in [9.17, 15) is 17.6 Å². The molecule has 1 heterocycles. The van der Waals surface area contributed by atoms with Crippen LogP contribution < -0.4 is 10.2 Å². The predicted molar refractivity (Wildman–Crippen MR) is 137 cm³/mol. The van der Waals surface area contributed by atoms with E-state index in [-0.39, 0.29) is 22.2 Å². The van der Waals surface area contributed by atoms with Gasteiger partial charge in [-0.2, -0.15) is 0 Å². The smallest absolute Gasteiger partial charge is 0.244 e. The molecule has 0 spiro atoms. The van der Waals surface area contributed by atoms with Crippen LogP contribution in [0.15, 0.2) is 82.7 Å². The molecule has 0 aliphatic carbocycles. The minimum atomic E-state index is -3.90. The average Bonchev–Trinajstić information content (AvgIpc) is 3.21. The van der Waals surface area contributed by atoms with Gasteiger partial charge in [0.25, 0.3) is 0 Å². The SMILES string of the molecule is CCN(CC)c1ccc(NC(=O)Cn2cc(S(=O)(=O)c3ccc(F)cc3)c3ccccc32)c(C)c1. The number of nitrogens with zero attached hydrogens (tertiary/aromatic N) is 2. The summed E-state index contributed by atoms with van der Waals surface area (Å²) in [6, 6.07) is 17.7. The summed E-state index contributed by atoms with van der Waals surface area (Å²) in [5.74, 6) is -0.779. The molecule has 1 amide bonds. The van der Waals surface area contributed by atoms with Crippen LogP contribution in [0.5, 0.6) is 0 Å². The van der Waals surface area contributed by atoms with Gasteiger partial charge in [-0.1, -0.05) is 18.2 Å². The van der Waals surface area contributed by atoms with E-state index in [1.54, 1.807) is 28.8 Å². The Morgan fingerprint density at radius 3 is 2.34 bits per heavy atom. The maximum absolute atomic E-state index is 13.3. The summed E-state index contributed by atoms with van der Waals surface area (Å²) in [4.78, 5) is 15.2. The van der Waals surface area contributed by atoms with Gasteiger partial charge in [0.1, 0.15) is 12.4 Å². The Hall–Kier alpha value is -3.65. The minimum Gasteiger partial charge on any atom is -0.372 e. The van der Waals surface area contributed by atoms with Crippen molar-refractivity contribution in [2.45, 2.75) is 37.1 Å². The topological polar surface area (TPSA) is 71.4 Å². The largest absolute Gasteiger partial charge is 0.372 e. The Bertz CT molecular complexity index is 1470. The van der Waals surface area contributed by atoms with Gasteiger partial charge in [-0.25, -0.2) is 12.8 Å². The molecule has 0 bridgehead atoms. The van der Waals surface area contributed by atoms with Crippen molar-refractivity contribution in [3.63, 3.8) is 0 Å². The molecule has 6 nitrogen and oxygen atoms in total. The Balaban J connectivity index is 1.62. The van der Waals surface area contributed by atoms with E-state index >= 15 is 0 Å². The summed E-state index contributed by atoms with van der Waals surface area (Å²) in [7, 11) is -3.90. The van der Waals surface area contributed by atoms with Gasteiger partial charge < -0.3 is 14.8 Å². The number of sulfone groups is 1. The summed E-state index contributed by atoms with van der Waals surface area (Å²) in [5, 5.41) is 3.45. The molecule has 8 heteroatoms. The molecule has 1 N–H and O–H groups in total. The standard InChI is InChI=1S/C27H28FN3O3S/c1-4-30(5-2)21-12-15-24(19(3)16-21)29-27(32)18-31-17-26(23-8-6-7-9-25(23)31)35(33,34)22-13-10-20(28)11-14-22/h6-17H,4-5,18H2,1-3H3,(H,29,32). The van der Waals surface area contributed by atoms with Crippen LogP contribution in [0.3, 0.4) is 0 Å². The summed E-state index contributed by atoms with van der Waals surface area (Å²) in [6.45, 7) is 7.87. The van der Waals surface area contributed by atoms with Gasteiger partial charge >= 0.3 is 0 Å². The monoisotopic (exact) mass is 493 g/mol. The van der Waals surface area contributed by atoms with Crippen molar-refractivity contribution in [2.24, 2.45) is 0 Å². The zero-order chi connectivity index (χ0) is 25.2. The zero-order valence-corrected chi connectivity index (χ0v) is 20.8. The quantitative estimate of drug-likeness (QED) is 0.333. The average molecular weight is 494 g/mol. The Morgan fingerprint density at radius 2 is 1.69 bits per heavy atom. The number of benzene rings is 3. The van der Waals surface area contributed by atoms with Crippen LogP contribution >= 0.6 is 0 Å². The summed E-state index contributed by atoms with van der Waals surface area (Å²) in [5.41, 5.74) is 3.37. The van der Waals surface area contributed by atoms with Crippen molar-refractivity contribution in [2.75, 3.05) is 23.3 Å². The second kappa shape index (κ2) is 9.92. The van der Waals surface area contributed by atoms with E-state index in [0.717, 1.165) is 36.5 Å². The molecular weight excluding hydrogens is 465 g/mol. The molecule has 0 radical (unpaired) electrons. The number of fused-ring (bicyclic) bond motifs is 1. The van der Waals surface area contributed by atoms with E-state index in [1.165, 1.54) is 18.3 Å². The van der Waals surface area contributed by atoms with Gasteiger partial charge in [-0.15, -0.1) is 0 Å². The van der Waals surface area contributed by atoms with Crippen LogP contribution in [0, 0.1) is 12.7 Å². The minimum absolute atomic E-state index is 0.00447. The molecule has 0 aliphatic heterocycles. The third-order valence-electron chi connectivity index (χ3n) is 6.09. The molecule has 182 valence electrons. The van der Waals surface area contributed by atoms with Crippen molar-refractivity contribution in [3.05, 3.63) is 84.3 Å².